The molecular weight excluding hydrogens is 317 g/mol. The third kappa shape index (κ3) is 4.57. The summed E-state index contributed by atoms with van der Waals surface area (Å²) in [5, 5.41) is 4.50. The van der Waals surface area contributed by atoms with E-state index in [9.17, 15) is 0 Å². The summed E-state index contributed by atoms with van der Waals surface area (Å²) in [5.41, 5.74) is 2.19. The molecule has 0 aliphatic rings. The summed E-state index contributed by atoms with van der Waals surface area (Å²) in [6, 6.07) is 13.8. The van der Waals surface area contributed by atoms with Gasteiger partial charge in [-0.2, -0.15) is 0 Å². The van der Waals surface area contributed by atoms with Crippen LogP contribution in [0.25, 0.3) is 0 Å². The first-order valence-corrected chi connectivity index (χ1v) is 6.73. The third-order valence-corrected chi connectivity index (χ3v) is 3.28. The number of methoxy groups -OCH3 is 1. The molecule has 0 unspecified atom stereocenters. The van der Waals surface area contributed by atoms with E-state index >= 15 is 0 Å². The van der Waals surface area contributed by atoms with Crippen molar-refractivity contribution in [1.29, 1.82) is 0 Å². The van der Waals surface area contributed by atoms with Crippen molar-refractivity contribution in [2.45, 2.75) is 13.1 Å². The minimum Gasteiger partial charge on any atom is -1.00 e. The normalized spacial score (nSPS) is 9.95. The van der Waals surface area contributed by atoms with Crippen LogP contribution in [0.1, 0.15) is 11.1 Å². The fourth-order valence-electron chi connectivity index (χ4n) is 1.91. The van der Waals surface area contributed by atoms with Crippen molar-refractivity contribution in [3.05, 3.63) is 63.6 Å². The molecule has 0 atom stereocenters. The summed E-state index contributed by atoms with van der Waals surface area (Å²) in [4.78, 5) is 0. The van der Waals surface area contributed by atoms with Crippen molar-refractivity contribution in [2.24, 2.45) is 0 Å². The average Bonchev–Trinajstić information content (AvgIpc) is 2.39. The molecule has 2 rings (SSSR count). The van der Waals surface area contributed by atoms with E-state index in [0.29, 0.717) is 22.3 Å². The molecular formula is C15H15Cl3NO-. The van der Waals surface area contributed by atoms with Gasteiger partial charge in [0.2, 0.25) is 0 Å². The molecule has 0 saturated heterocycles. The van der Waals surface area contributed by atoms with E-state index in [0.717, 1.165) is 12.1 Å². The molecule has 0 aliphatic heterocycles. The summed E-state index contributed by atoms with van der Waals surface area (Å²) >= 11 is 12.1. The van der Waals surface area contributed by atoms with Crippen molar-refractivity contribution in [3.63, 3.8) is 0 Å². The standard InChI is InChI=1S/C15H15Cl2NO.ClH/c1-19-15-12(7-13(16)8-14(15)17)10-18-9-11-5-3-2-4-6-11;/h2-8,18H,9-10H2,1H3;1H/p-1. The lowest BCUT2D eigenvalue weighted by molar-refractivity contribution is -0.00000396. The predicted octanol–water partition coefficient (Wildman–Crippen LogP) is 1.30. The Balaban J connectivity index is 0.00000200. The van der Waals surface area contributed by atoms with Gasteiger partial charge in [-0.25, -0.2) is 0 Å². The van der Waals surface area contributed by atoms with E-state index in [1.807, 2.05) is 24.3 Å². The number of ether oxygens (including phenoxy) is 1. The second-order valence-electron chi connectivity index (χ2n) is 4.17. The van der Waals surface area contributed by atoms with Gasteiger partial charge in [0.25, 0.3) is 0 Å². The highest BCUT2D eigenvalue weighted by atomic mass is 35.5. The lowest BCUT2D eigenvalue weighted by atomic mass is 10.2. The maximum absolute atomic E-state index is 6.09. The summed E-state index contributed by atoms with van der Waals surface area (Å²) in [7, 11) is 1.61. The molecule has 0 heterocycles. The number of rotatable bonds is 5. The topological polar surface area (TPSA) is 21.3 Å². The van der Waals surface area contributed by atoms with E-state index in [4.69, 9.17) is 27.9 Å². The molecule has 0 aliphatic carbocycles. The van der Waals surface area contributed by atoms with E-state index in [1.165, 1.54) is 5.56 Å². The lowest BCUT2D eigenvalue weighted by Crippen LogP contribution is -3.00. The molecule has 2 aromatic rings. The summed E-state index contributed by atoms with van der Waals surface area (Å²) in [6.07, 6.45) is 0. The van der Waals surface area contributed by atoms with Crippen molar-refractivity contribution in [1.82, 2.24) is 5.32 Å². The van der Waals surface area contributed by atoms with E-state index in [2.05, 4.69) is 17.4 Å². The molecule has 5 heteroatoms. The van der Waals surface area contributed by atoms with Crippen LogP contribution >= 0.6 is 23.2 Å². The maximum atomic E-state index is 6.09. The first-order chi connectivity index (χ1) is 9.20. The number of halogens is 3. The first-order valence-electron chi connectivity index (χ1n) is 5.97. The summed E-state index contributed by atoms with van der Waals surface area (Å²) in [6.45, 7) is 1.44. The molecule has 2 aromatic carbocycles. The van der Waals surface area contributed by atoms with Crippen LogP contribution in [0, 0.1) is 0 Å². The summed E-state index contributed by atoms with van der Waals surface area (Å²) < 4.78 is 5.30. The van der Waals surface area contributed by atoms with Crippen molar-refractivity contribution >= 4 is 23.2 Å². The molecule has 0 amide bonds. The van der Waals surface area contributed by atoms with Gasteiger partial charge in [-0.15, -0.1) is 0 Å². The number of nitrogens with one attached hydrogen (secondary N) is 1. The smallest absolute Gasteiger partial charge is 0.142 e. The first kappa shape index (κ1) is 17.1. The van der Waals surface area contributed by atoms with Crippen LogP contribution in [-0.4, -0.2) is 7.11 Å². The zero-order valence-electron chi connectivity index (χ0n) is 11.0. The van der Waals surface area contributed by atoms with Gasteiger partial charge in [0, 0.05) is 23.7 Å². The molecule has 108 valence electrons. The van der Waals surface area contributed by atoms with E-state index < -0.39 is 0 Å². The molecule has 0 spiro atoms. The van der Waals surface area contributed by atoms with E-state index in [-0.39, 0.29) is 12.4 Å². The monoisotopic (exact) mass is 330 g/mol. The highest BCUT2D eigenvalue weighted by Crippen LogP contribution is 2.32. The third-order valence-electron chi connectivity index (χ3n) is 2.78. The number of hydrogen-bond donors (Lipinski definition) is 1. The van der Waals surface area contributed by atoms with Gasteiger partial charge in [-0.3, -0.25) is 0 Å². The lowest BCUT2D eigenvalue weighted by Gasteiger charge is -2.12. The Labute approximate surface area is 135 Å². The Bertz CT molecular complexity index is 546. The van der Waals surface area contributed by atoms with Crippen LogP contribution in [0.15, 0.2) is 42.5 Å². The molecule has 0 radical (unpaired) electrons. The Morgan fingerprint density at radius 2 is 1.75 bits per heavy atom. The maximum Gasteiger partial charge on any atom is 0.142 e. The second-order valence-corrected chi connectivity index (χ2v) is 5.01. The van der Waals surface area contributed by atoms with E-state index in [1.54, 1.807) is 13.2 Å². The Hall–Kier alpha value is -0.930. The largest absolute Gasteiger partial charge is 1.00 e. The fraction of sp³-hybridized carbons (Fsp3) is 0.200. The number of hydrogen-bond acceptors (Lipinski definition) is 2. The van der Waals surface area contributed by atoms with Crippen LogP contribution in [-0.2, 0) is 13.1 Å². The van der Waals surface area contributed by atoms with Crippen LogP contribution in [0.2, 0.25) is 10.0 Å². The summed E-state index contributed by atoms with van der Waals surface area (Å²) in [5.74, 6) is 0.673. The molecule has 0 bridgehead atoms. The Kier molecular flexibility index (Phi) is 7.17. The van der Waals surface area contributed by atoms with Gasteiger partial charge in [0.05, 0.1) is 12.1 Å². The Morgan fingerprint density at radius 3 is 2.40 bits per heavy atom. The minimum absolute atomic E-state index is 0. The van der Waals surface area contributed by atoms with Crippen molar-refractivity contribution < 1.29 is 17.1 Å². The second kappa shape index (κ2) is 8.38. The van der Waals surface area contributed by atoms with Gasteiger partial charge in [0.1, 0.15) is 5.75 Å². The quantitative estimate of drug-likeness (QED) is 0.892. The zero-order valence-corrected chi connectivity index (χ0v) is 13.3. The highest BCUT2D eigenvalue weighted by molar-refractivity contribution is 6.35. The highest BCUT2D eigenvalue weighted by Gasteiger charge is 2.09. The molecule has 2 nitrogen and oxygen atoms in total. The zero-order chi connectivity index (χ0) is 13.7. The van der Waals surface area contributed by atoms with Crippen LogP contribution in [0.3, 0.4) is 0 Å². The Morgan fingerprint density at radius 1 is 1.05 bits per heavy atom. The van der Waals surface area contributed by atoms with Crippen LogP contribution in [0.4, 0.5) is 0 Å². The molecule has 20 heavy (non-hydrogen) atoms. The van der Waals surface area contributed by atoms with Crippen LogP contribution in [0.5, 0.6) is 5.75 Å². The van der Waals surface area contributed by atoms with Crippen molar-refractivity contribution in [2.75, 3.05) is 7.11 Å². The molecule has 0 saturated carbocycles. The molecule has 1 N–H and O–H groups in total. The predicted molar refractivity (Wildman–Crippen MR) is 80.0 cm³/mol. The fourth-order valence-corrected chi connectivity index (χ4v) is 2.52. The van der Waals surface area contributed by atoms with Gasteiger partial charge in [0.15, 0.2) is 0 Å². The van der Waals surface area contributed by atoms with Crippen molar-refractivity contribution in [3.8, 4) is 5.75 Å². The average molecular weight is 332 g/mol. The van der Waals surface area contributed by atoms with Gasteiger partial charge < -0.3 is 22.5 Å². The van der Waals surface area contributed by atoms with Gasteiger partial charge in [-0.05, 0) is 17.7 Å². The SMILES string of the molecule is COc1c(Cl)cc(Cl)cc1CNCc1ccccc1.[Cl-]. The number of benzene rings is 2. The minimum atomic E-state index is 0. The van der Waals surface area contributed by atoms with Crippen LogP contribution < -0.4 is 22.5 Å². The molecule has 0 aromatic heterocycles. The molecule has 0 fully saturated rings. The van der Waals surface area contributed by atoms with Gasteiger partial charge >= 0.3 is 0 Å². The van der Waals surface area contributed by atoms with Gasteiger partial charge in [-0.1, -0.05) is 53.5 Å².